The van der Waals surface area contributed by atoms with Crippen LogP contribution in [0.3, 0.4) is 0 Å². The van der Waals surface area contributed by atoms with Gasteiger partial charge in [-0.25, -0.2) is 4.98 Å². The van der Waals surface area contributed by atoms with Crippen LogP contribution in [0.5, 0.6) is 0 Å². The zero-order chi connectivity index (χ0) is 11.3. The molecule has 0 fully saturated rings. The fourth-order valence-corrected chi connectivity index (χ4v) is 1.31. The summed E-state index contributed by atoms with van der Waals surface area (Å²) in [6.07, 6.45) is 1.71. The summed E-state index contributed by atoms with van der Waals surface area (Å²) >= 11 is 5.78. The van der Waals surface area contributed by atoms with Gasteiger partial charge in [-0.05, 0) is 13.8 Å². The van der Waals surface area contributed by atoms with Gasteiger partial charge in [-0.3, -0.25) is 4.98 Å². The molecule has 0 bridgehead atoms. The maximum absolute atomic E-state index is 5.78. The van der Waals surface area contributed by atoms with Crippen LogP contribution < -0.4 is 5.32 Å². The number of nitrogens with one attached hydrogen (secondary N) is 1. The number of anilines is 1. The van der Waals surface area contributed by atoms with Crippen molar-refractivity contribution in [1.29, 1.82) is 0 Å². The second-order valence-electron chi connectivity index (χ2n) is 3.38. The number of hydrogen-bond acceptors (Lipinski definition) is 4. The summed E-state index contributed by atoms with van der Waals surface area (Å²) in [5.41, 5.74) is 1.86. The van der Waals surface area contributed by atoms with Gasteiger partial charge < -0.3 is 10.1 Å². The zero-order valence-electron chi connectivity index (χ0n) is 9.25. The highest BCUT2D eigenvalue weighted by Gasteiger charge is 2.08. The van der Waals surface area contributed by atoms with E-state index in [2.05, 4.69) is 15.3 Å². The maximum Gasteiger partial charge on any atom is 0.145 e. The van der Waals surface area contributed by atoms with Crippen LogP contribution in [0.4, 0.5) is 5.82 Å². The Labute approximate surface area is 95.0 Å². The van der Waals surface area contributed by atoms with Crippen molar-refractivity contribution >= 4 is 17.4 Å². The fourth-order valence-electron chi connectivity index (χ4n) is 1.15. The van der Waals surface area contributed by atoms with Crippen molar-refractivity contribution in [2.45, 2.75) is 19.9 Å². The largest absolute Gasteiger partial charge is 0.383 e. The van der Waals surface area contributed by atoms with Crippen LogP contribution in [-0.4, -0.2) is 35.6 Å². The number of halogens is 1. The van der Waals surface area contributed by atoms with Crippen molar-refractivity contribution in [3.05, 3.63) is 17.6 Å². The highest BCUT2D eigenvalue weighted by molar-refractivity contribution is 6.18. The monoisotopic (exact) mass is 229 g/mol. The van der Waals surface area contributed by atoms with E-state index in [0.717, 1.165) is 17.2 Å². The van der Waals surface area contributed by atoms with Crippen molar-refractivity contribution in [2.24, 2.45) is 0 Å². The van der Waals surface area contributed by atoms with E-state index in [-0.39, 0.29) is 6.04 Å². The predicted molar refractivity (Wildman–Crippen MR) is 61.5 cm³/mol. The predicted octanol–water partition coefficient (Wildman–Crippen LogP) is 1.76. The number of aromatic nitrogens is 2. The average Bonchev–Trinajstić information content (AvgIpc) is 2.23. The molecule has 1 aromatic heterocycles. The number of rotatable bonds is 5. The van der Waals surface area contributed by atoms with Crippen LogP contribution in [0.1, 0.15) is 11.4 Å². The molecule has 0 aromatic carbocycles. The SMILES string of the molecule is COCC(CCl)Nc1cnc(C)c(C)n1. The second kappa shape index (κ2) is 5.88. The molecule has 0 radical (unpaired) electrons. The van der Waals surface area contributed by atoms with Crippen LogP contribution in [0.25, 0.3) is 0 Å². The van der Waals surface area contributed by atoms with E-state index in [4.69, 9.17) is 16.3 Å². The molecule has 5 heteroatoms. The van der Waals surface area contributed by atoms with Crippen LogP contribution in [-0.2, 0) is 4.74 Å². The number of hydrogen-bond donors (Lipinski definition) is 1. The van der Waals surface area contributed by atoms with Crippen molar-refractivity contribution in [3.8, 4) is 0 Å². The van der Waals surface area contributed by atoms with E-state index >= 15 is 0 Å². The molecule has 1 rings (SSSR count). The molecule has 0 spiro atoms. The van der Waals surface area contributed by atoms with Gasteiger partial charge in [0.2, 0.25) is 0 Å². The van der Waals surface area contributed by atoms with Crippen LogP contribution >= 0.6 is 11.6 Å². The van der Waals surface area contributed by atoms with Crippen molar-refractivity contribution in [1.82, 2.24) is 9.97 Å². The summed E-state index contributed by atoms with van der Waals surface area (Å²) in [7, 11) is 1.65. The number of ether oxygens (including phenoxy) is 1. The summed E-state index contributed by atoms with van der Waals surface area (Å²) < 4.78 is 5.03. The Morgan fingerprint density at radius 3 is 2.73 bits per heavy atom. The van der Waals surface area contributed by atoms with Crippen molar-refractivity contribution < 1.29 is 4.74 Å². The average molecular weight is 230 g/mol. The molecule has 0 amide bonds. The Balaban J connectivity index is 2.66. The van der Waals surface area contributed by atoms with Gasteiger partial charge in [-0.1, -0.05) is 0 Å². The standard InChI is InChI=1S/C10H16ClN3O/c1-7-8(2)13-10(5-12-7)14-9(4-11)6-15-3/h5,9H,4,6H2,1-3H3,(H,13,14). The van der Waals surface area contributed by atoms with Gasteiger partial charge in [0.15, 0.2) is 0 Å². The molecular weight excluding hydrogens is 214 g/mol. The van der Waals surface area contributed by atoms with Gasteiger partial charge in [0.25, 0.3) is 0 Å². The van der Waals surface area contributed by atoms with Gasteiger partial charge in [0.1, 0.15) is 5.82 Å². The van der Waals surface area contributed by atoms with E-state index in [1.807, 2.05) is 13.8 Å². The molecule has 15 heavy (non-hydrogen) atoms. The van der Waals surface area contributed by atoms with Crippen molar-refractivity contribution in [2.75, 3.05) is 24.9 Å². The van der Waals surface area contributed by atoms with E-state index in [1.54, 1.807) is 13.3 Å². The quantitative estimate of drug-likeness (QED) is 0.782. The van der Waals surface area contributed by atoms with Crippen molar-refractivity contribution in [3.63, 3.8) is 0 Å². The highest BCUT2D eigenvalue weighted by Crippen LogP contribution is 2.07. The topological polar surface area (TPSA) is 47.0 Å². The van der Waals surface area contributed by atoms with E-state index in [0.29, 0.717) is 12.5 Å². The van der Waals surface area contributed by atoms with Gasteiger partial charge in [-0.15, -0.1) is 11.6 Å². The summed E-state index contributed by atoms with van der Waals surface area (Å²) in [6, 6.07) is 0.0630. The van der Waals surface area contributed by atoms with Crippen LogP contribution in [0.2, 0.25) is 0 Å². The molecular formula is C10H16ClN3O. The minimum Gasteiger partial charge on any atom is -0.383 e. The minimum absolute atomic E-state index is 0.0630. The Kier molecular flexibility index (Phi) is 4.78. The molecule has 1 heterocycles. The van der Waals surface area contributed by atoms with E-state index < -0.39 is 0 Å². The second-order valence-corrected chi connectivity index (χ2v) is 3.69. The molecule has 1 N–H and O–H groups in total. The van der Waals surface area contributed by atoms with Gasteiger partial charge in [0.05, 0.1) is 30.2 Å². The Morgan fingerprint density at radius 1 is 1.47 bits per heavy atom. The molecule has 0 aliphatic rings. The number of methoxy groups -OCH3 is 1. The maximum atomic E-state index is 5.78. The molecule has 4 nitrogen and oxygen atoms in total. The first kappa shape index (κ1) is 12.2. The van der Waals surface area contributed by atoms with Crippen LogP contribution in [0.15, 0.2) is 6.20 Å². The Hall–Kier alpha value is -0.870. The Bertz CT molecular complexity index is 320. The summed E-state index contributed by atoms with van der Waals surface area (Å²) in [5, 5.41) is 3.17. The summed E-state index contributed by atoms with van der Waals surface area (Å²) in [5.74, 6) is 1.21. The third-order valence-electron chi connectivity index (χ3n) is 2.10. The first-order valence-electron chi connectivity index (χ1n) is 4.79. The first-order chi connectivity index (χ1) is 7.17. The molecule has 0 saturated heterocycles. The van der Waals surface area contributed by atoms with E-state index in [9.17, 15) is 0 Å². The fraction of sp³-hybridized carbons (Fsp3) is 0.600. The molecule has 0 aliphatic carbocycles. The lowest BCUT2D eigenvalue weighted by molar-refractivity contribution is 0.191. The van der Waals surface area contributed by atoms with Crippen LogP contribution in [0, 0.1) is 13.8 Å². The third kappa shape index (κ3) is 3.64. The molecule has 0 aliphatic heterocycles. The molecule has 84 valence electrons. The van der Waals surface area contributed by atoms with Gasteiger partial charge in [0, 0.05) is 13.0 Å². The normalized spacial score (nSPS) is 12.5. The molecule has 1 atom stereocenters. The number of alkyl halides is 1. The Morgan fingerprint density at radius 2 is 2.20 bits per heavy atom. The highest BCUT2D eigenvalue weighted by atomic mass is 35.5. The lowest BCUT2D eigenvalue weighted by atomic mass is 10.3. The molecule has 0 saturated carbocycles. The lowest BCUT2D eigenvalue weighted by Crippen LogP contribution is -2.27. The van der Waals surface area contributed by atoms with Gasteiger partial charge >= 0.3 is 0 Å². The first-order valence-corrected chi connectivity index (χ1v) is 5.32. The summed E-state index contributed by atoms with van der Waals surface area (Å²) in [4.78, 5) is 8.57. The third-order valence-corrected chi connectivity index (χ3v) is 2.47. The number of aryl methyl sites for hydroxylation is 2. The molecule has 1 aromatic rings. The summed E-state index contributed by atoms with van der Waals surface area (Å²) in [6.45, 7) is 4.41. The number of nitrogens with zero attached hydrogens (tertiary/aromatic N) is 2. The van der Waals surface area contributed by atoms with Gasteiger partial charge in [-0.2, -0.15) is 0 Å². The van der Waals surface area contributed by atoms with E-state index in [1.165, 1.54) is 0 Å². The zero-order valence-corrected chi connectivity index (χ0v) is 10.0. The minimum atomic E-state index is 0.0630. The molecule has 1 unspecified atom stereocenters. The smallest absolute Gasteiger partial charge is 0.145 e. The lowest BCUT2D eigenvalue weighted by Gasteiger charge is -2.15.